The summed E-state index contributed by atoms with van der Waals surface area (Å²) in [6.07, 6.45) is 0. The number of hydrogen-bond donors (Lipinski definition) is 0. The Hall–Kier alpha value is -1.32. The van der Waals surface area contributed by atoms with Gasteiger partial charge in [0.15, 0.2) is 0 Å². The number of hydrogen-bond acceptors (Lipinski definition) is 4. The van der Waals surface area contributed by atoms with Crippen LogP contribution < -0.4 is 0 Å². The first-order valence-electron chi connectivity index (χ1n) is 3.00. The molecule has 0 radical (unpaired) electrons. The standard InChI is InChI=1S/C6H4N2O4.Pd/c9-7(10)5-3-1-2-4-6(5)8(11)12;/h1-4H;. The van der Waals surface area contributed by atoms with E-state index in [1.165, 1.54) is 12.1 Å². The van der Waals surface area contributed by atoms with Crippen LogP contribution in [-0.2, 0) is 20.4 Å². The van der Waals surface area contributed by atoms with Gasteiger partial charge in [-0.1, -0.05) is 12.1 Å². The average Bonchev–Trinajstić information content (AvgIpc) is 2.04. The molecule has 0 heterocycles. The molecule has 0 unspecified atom stereocenters. The smallest absolute Gasteiger partial charge is 0.258 e. The number of benzene rings is 1. The fraction of sp³-hybridized carbons (Fsp3) is 0. The van der Waals surface area contributed by atoms with E-state index in [4.69, 9.17) is 0 Å². The van der Waals surface area contributed by atoms with Gasteiger partial charge in [0.2, 0.25) is 0 Å². The molecule has 7 heteroatoms. The van der Waals surface area contributed by atoms with Crippen molar-refractivity contribution in [2.75, 3.05) is 0 Å². The summed E-state index contributed by atoms with van der Waals surface area (Å²) in [5.74, 6) is 0. The van der Waals surface area contributed by atoms with Gasteiger partial charge in [-0.3, -0.25) is 20.2 Å². The molecule has 6 nitrogen and oxygen atoms in total. The van der Waals surface area contributed by atoms with Gasteiger partial charge in [-0.15, -0.1) is 0 Å². The van der Waals surface area contributed by atoms with Crippen LogP contribution >= 0.6 is 0 Å². The van der Waals surface area contributed by atoms with Crippen LogP contribution in [0.2, 0.25) is 0 Å². The first kappa shape index (κ1) is 11.7. The molecule has 1 aromatic carbocycles. The maximum Gasteiger partial charge on any atom is 0.346 e. The third-order valence-electron chi connectivity index (χ3n) is 1.28. The van der Waals surface area contributed by atoms with Crippen molar-refractivity contribution >= 4 is 11.4 Å². The van der Waals surface area contributed by atoms with Gasteiger partial charge in [0.1, 0.15) is 0 Å². The van der Waals surface area contributed by atoms with Crippen LogP contribution in [0.3, 0.4) is 0 Å². The Bertz CT molecular complexity index is 308. The Labute approximate surface area is 86.5 Å². The predicted molar refractivity (Wildman–Crippen MR) is 39.8 cm³/mol. The largest absolute Gasteiger partial charge is 0.346 e. The van der Waals surface area contributed by atoms with Gasteiger partial charge in [0.25, 0.3) is 0 Å². The maximum atomic E-state index is 10.2. The van der Waals surface area contributed by atoms with E-state index in [9.17, 15) is 20.2 Å². The third-order valence-corrected chi connectivity index (χ3v) is 1.28. The van der Waals surface area contributed by atoms with Gasteiger partial charge >= 0.3 is 11.4 Å². The van der Waals surface area contributed by atoms with Crippen molar-refractivity contribution in [2.24, 2.45) is 0 Å². The molecule has 1 aromatic rings. The molecular formula is C6H4N2O4Pd. The van der Waals surface area contributed by atoms with E-state index in [0.717, 1.165) is 12.1 Å². The fourth-order valence-electron chi connectivity index (χ4n) is 0.773. The third kappa shape index (κ3) is 2.58. The van der Waals surface area contributed by atoms with Crippen LogP contribution in [0.25, 0.3) is 0 Å². The quantitative estimate of drug-likeness (QED) is 0.464. The van der Waals surface area contributed by atoms with Crippen molar-refractivity contribution in [3.8, 4) is 0 Å². The van der Waals surface area contributed by atoms with Gasteiger partial charge in [0, 0.05) is 32.6 Å². The number of nitro benzene ring substituents is 2. The number of nitrogens with zero attached hydrogens (tertiary/aromatic N) is 2. The van der Waals surface area contributed by atoms with Gasteiger partial charge in [-0.25, -0.2) is 0 Å². The zero-order valence-electron chi connectivity index (χ0n) is 6.15. The second-order valence-corrected chi connectivity index (χ2v) is 2.00. The van der Waals surface area contributed by atoms with E-state index >= 15 is 0 Å². The molecule has 0 aliphatic carbocycles. The molecule has 0 atom stereocenters. The topological polar surface area (TPSA) is 86.3 Å². The molecule has 0 bridgehead atoms. The van der Waals surface area contributed by atoms with Crippen LogP contribution in [0, 0.1) is 20.2 Å². The molecule has 13 heavy (non-hydrogen) atoms. The summed E-state index contributed by atoms with van der Waals surface area (Å²) >= 11 is 0. The zero-order valence-corrected chi connectivity index (χ0v) is 7.71. The Morgan fingerprint density at radius 2 is 1.23 bits per heavy atom. The number of para-hydroxylation sites is 2. The van der Waals surface area contributed by atoms with Crippen LogP contribution in [0.1, 0.15) is 0 Å². The van der Waals surface area contributed by atoms with Crippen LogP contribution in [0.15, 0.2) is 24.3 Å². The first-order valence-corrected chi connectivity index (χ1v) is 3.00. The molecule has 0 aliphatic rings. The molecule has 0 spiro atoms. The normalized spacial score (nSPS) is 8.62. The summed E-state index contributed by atoms with van der Waals surface area (Å²) in [5, 5.41) is 20.5. The molecule has 72 valence electrons. The minimum Gasteiger partial charge on any atom is -0.258 e. The van der Waals surface area contributed by atoms with Crippen LogP contribution in [0.5, 0.6) is 0 Å². The molecule has 0 saturated carbocycles. The predicted octanol–water partition coefficient (Wildman–Crippen LogP) is 1.50. The number of nitro groups is 2. The molecule has 0 aliphatic heterocycles. The summed E-state index contributed by atoms with van der Waals surface area (Å²) in [5.41, 5.74) is -0.968. The maximum absolute atomic E-state index is 10.2. The molecular weight excluding hydrogens is 270 g/mol. The van der Waals surface area contributed by atoms with E-state index < -0.39 is 21.2 Å². The van der Waals surface area contributed by atoms with Crippen LogP contribution in [-0.4, -0.2) is 9.85 Å². The molecule has 0 N–H and O–H groups in total. The van der Waals surface area contributed by atoms with Crippen molar-refractivity contribution in [1.29, 1.82) is 0 Å². The Morgan fingerprint density at radius 3 is 1.46 bits per heavy atom. The van der Waals surface area contributed by atoms with Crippen molar-refractivity contribution in [1.82, 2.24) is 0 Å². The van der Waals surface area contributed by atoms with Crippen molar-refractivity contribution < 1.29 is 30.3 Å². The second-order valence-electron chi connectivity index (χ2n) is 2.00. The molecule has 0 saturated heterocycles. The first-order chi connectivity index (χ1) is 5.63. The van der Waals surface area contributed by atoms with E-state index in [-0.39, 0.29) is 20.4 Å². The van der Waals surface area contributed by atoms with Gasteiger partial charge in [0.05, 0.1) is 9.85 Å². The second kappa shape index (κ2) is 4.65. The fourth-order valence-corrected chi connectivity index (χ4v) is 0.773. The van der Waals surface area contributed by atoms with Crippen molar-refractivity contribution in [3.63, 3.8) is 0 Å². The average molecular weight is 275 g/mol. The van der Waals surface area contributed by atoms with Gasteiger partial charge < -0.3 is 0 Å². The summed E-state index contributed by atoms with van der Waals surface area (Å²) in [4.78, 5) is 18.9. The Balaban J connectivity index is 0.00000144. The van der Waals surface area contributed by atoms with Gasteiger partial charge in [-0.2, -0.15) is 0 Å². The van der Waals surface area contributed by atoms with E-state index in [1.807, 2.05) is 0 Å². The van der Waals surface area contributed by atoms with Crippen LogP contribution in [0.4, 0.5) is 11.4 Å². The summed E-state index contributed by atoms with van der Waals surface area (Å²) in [6, 6.07) is 4.95. The minimum absolute atomic E-state index is 0. The van der Waals surface area contributed by atoms with Gasteiger partial charge in [-0.05, 0) is 0 Å². The molecule has 0 aromatic heterocycles. The molecule has 1 rings (SSSR count). The van der Waals surface area contributed by atoms with Crippen molar-refractivity contribution in [3.05, 3.63) is 44.5 Å². The zero-order chi connectivity index (χ0) is 9.14. The summed E-state index contributed by atoms with van der Waals surface area (Å²) in [6.45, 7) is 0. The van der Waals surface area contributed by atoms with Crippen molar-refractivity contribution in [2.45, 2.75) is 0 Å². The number of rotatable bonds is 2. The monoisotopic (exact) mass is 274 g/mol. The summed E-state index contributed by atoms with van der Waals surface area (Å²) < 4.78 is 0. The Kier molecular flexibility index (Phi) is 4.17. The van der Waals surface area contributed by atoms with E-state index in [0.29, 0.717) is 0 Å². The summed E-state index contributed by atoms with van der Waals surface area (Å²) in [7, 11) is 0. The Morgan fingerprint density at radius 1 is 0.923 bits per heavy atom. The molecule has 0 fully saturated rings. The van der Waals surface area contributed by atoms with E-state index in [2.05, 4.69) is 0 Å². The minimum atomic E-state index is -0.780. The van der Waals surface area contributed by atoms with E-state index in [1.54, 1.807) is 0 Å². The molecule has 0 amide bonds. The SMILES string of the molecule is O=[N+]([O-])c1ccccc1[N+](=O)[O-].[Pd].